The van der Waals surface area contributed by atoms with Crippen LogP contribution < -0.4 is 10.6 Å². The Labute approximate surface area is 124 Å². The van der Waals surface area contributed by atoms with Crippen LogP contribution >= 0.6 is 0 Å². The van der Waals surface area contributed by atoms with Gasteiger partial charge in [0.05, 0.1) is 5.56 Å². The van der Waals surface area contributed by atoms with Crippen LogP contribution in [-0.2, 0) is 6.18 Å². The minimum atomic E-state index is -4.54. The number of aliphatic imine (C=N–C) groups is 1. The molecule has 1 aliphatic heterocycles. The number of pyridine rings is 1. The number of nitrogens with zero attached hydrogens (tertiary/aromatic N) is 3. The molecule has 0 atom stereocenters. The number of hydrogen-bond donors (Lipinski definition) is 1. The Balaban J connectivity index is 2.21. The number of amidine groups is 1. The number of halogens is 3. The smallest absolute Gasteiger partial charge is 0.383 e. The van der Waals surface area contributed by atoms with Gasteiger partial charge in [-0.1, -0.05) is 24.8 Å². The van der Waals surface area contributed by atoms with Crippen molar-refractivity contribution in [1.82, 2.24) is 4.98 Å². The first-order valence-electron chi connectivity index (χ1n) is 6.35. The lowest BCUT2D eigenvalue weighted by Crippen LogP contribution is -2.29. The summed E-state index contributed by atoms with van der Waals surface area (Å²) in [5.74, 6) is 0.370. The minimum absolute atomic E-state index is 0.0681. The van der Waals surface area contributed by atoms with Crippen molar-refractivity contribution in [1.29, 1.82) is 0 Å². The summed E-state index contributed by atoms with van der Waals surface area (Å²) in [4.78, 5) is 9.25. The maximum absolute atomic E-state index is 12.9. The van der Waals surface area contributed by atoms with E-state index in [-0.39, 0.29) is 17.5 Å². The van der Waals surface area contributed by atoms with Crippen molar-refractivity contribution >= 4 is 17.3 Å². The largest absolute Gasteiger partial charge is 0.433 e. The Hall–Kier alpha value is -2.83. The highest BCUT2D eigenvalue weighted by atomic mass is 19.4. The van der Waals surface area contributed by atoms with E-state index in [1.54, 1.807) is 30.3 Å². The SMILES string of the molecule is C=C1N=C(N)c2ccc(C(F)(F)F)nc2N1c1ccccc1. The number of benzene rings is 1. The Bertz CT molecular complexity index is 766. The molecule has 3 rings (SSSR count). The van der Waals surface area contributed by atoms with Gasteiger partial charge in [0, 0.05) is 5.69 Å². The lowest BCUT2D eigenvalue weighted by molar-refractivity contribution is -0.141. The fraction of sp³-hybridized carbons (Fsp3) is 0.0667. The van der Waals surface area contributed by atoms with Crippen molar-refractivity contribution in [2.24, 2.45) is 10.7 Å². The Kier molecular flexibility index (Phi) is 3.13. The van der Waals surface area contributed by atoms with Crippen LogP contribution in [0.25, 0.3) is 0 Å². The zero-order chi connectivity index (χ0) is 15.9. The number of nitrogens with two attached hydrogens (primary N) is 1. The fourth-order valence-corrected chi connectivity index (χ4v) is 2.20. The summed E-state index contributed by atoms with van der Waals surface area (Å²) in [6.07, 6.45) is -4.54. The summed E-state index contributed by atoms with van der Waals surface area (Å²) in [5.41, 5.74) is 5.73. The van der Waals surface area contributed by atoms with Crippen molar-refractivity contribution in [3.05, 3.63) is 66.1 Å². The molecule has 0 fully saturated rings. The molecule has 0 aliphatic carbocycles. The third-order valence-electron chi connectivity index (χ3n) is 3.18. The number of aromatic nitrogens is 1. The van der Waals surface area contributed by atoms with Crippen LogP contribution in [0.4, 0.5) is 24.7 Å². The predicted molar refractivity (Wildman–Crippen MR) is 77.7 cm³/mol. The topological polar surface area (TPSA) is 54.5 Å². The average molecular weight is 304 g/mol. The molecule has 0 amide bonds. The van der Waals surface area contributed by atoms with Crippen molar-refractivity contribution in [3.8, 4) is 0 Å². The Morgan fingerprint density at radius 1 is 1.05 bits per heavy atom. The molecule has 0 bridgehead atoms. The quantitative estimate of drug-likeness (QED) is 0.878. The second-order valence-electron chi connectivity index (χ2n) is 4.65. The molecule has 2 heterocycles. The molecule has 4 nitrogen and oxygen atoms in total. The third kappa shape index (κ3) is 2.30. The second-order valence-corrected chi connectivity index (χ2v) is 4.65. The van der Waals surface area contributed by atoms with Crippen LogP contribution in [0.15, 0.2) is 59.9 Å². The van der Waals surface area contributed by atoms with Gasteiger partial charge in [0.25, 0.3) is 0 Å². The highest BCUT2D eigenvalue weighted by Crippen LogP contribution is 2.37. The molecule has 0 saturated carbocycles. The van der Waals surface area contributed by atoms with Gasteiger partial charge in [0.15, 0.2) is 0 Å². The standard InChI is InChI=1S/C15H11F3N4/c1-9-20-13(19)11-7-8-12(15(16,17)18)21-14(11)22(9)10-5-3-2-4-6-10/h2-8H,1H2,(H2,19,20). The molecule has 1 aromatic carbocycles. The first-order chi connectivity index (χ1) is 10.4. The van der Waals surface area contributed by atoms with Crippen molar-refractivity contribution in [2.45, 2.75) is 6.18 Å². The second kappa shape index (κ2) is 4.87. The molecule has 7 heteroatoms. The fourth-order valence-electron chi connectivity index (χ4n) is 2.20. The molecule has 0 saturated heterocycles. The number of hydrogen-bond acceptors (Lipinski definition) is 4. The van der Waals surface area contributed by atoms with Crippen LogP contribution in [0.5, 0.6) is 0 Å². The maximum atomic E-state index is 12.9. The van der Waals surface area contributed by atoms with Crippen molar-refractivity contribution in [3.63, 3.8) is 0 Å². The maximum Gasteiger partial charge on any atom is 0.433 e. The number of alkyl halides is 3. The van der Waals surface area contributed by atoms with E-state index in [1.807, 2.05) is 0 Å². The number of anilines is 2. The first kappa shape index (κ1) is 14.1. The number of rotatable bonds is 1. The van der Waals surface area contributed by atoms with E-state index in [4.69, 9.17) is 5.73 Å². The van der Waals surface area contributed by atoms with Crippen LogP contribution in [-0.4, -0.2) is 10.8 Å². The van der Waals surface area contributed by atoms with E-state index < -0.39 is 11.9 Å². The average Bonchev–Trinajstić information content (AvgIpc) is 2.47. The molecule has 2 N–H and O–H groups in total. The van der Waals surface area contributed by atoms with Crippen LogP contribution in [0.2, 0.25) is 0 Å². The lowest BCUT2D eigenvalue weighted by Gasteiger charge is -2.29. The molecule has 2 aromatic rings. The van der Waals surface area contributed by atoms with Gasteiger partial charge in [-0.3, -0.25) is 4.90 Å². The van der Waals surface area contributed by atoms with Crippen LogP contribution in [0, 0.1) is 0 Å². The van der Waals surface area contributed by atoms with E-state index in [0.29, 0.717) is 11.3 Å². The molecule has 22 heavy (non-hydrogen) atoms. The summed E-state index contributed by atoms with van der Waals surface area (Å²) < 4.78 is 38.8. The zero-order valence-electron chi connectivity index (χ0n) is 11.3. The van der Waals surface area contributed by atoms with E-state index in [0.717, 1.165) is 6.07 Å². The summed E-state index contributed by atoms with van der Waals surface area (Å²) in [5, 5.41) is 0. The van der Waals surface area contributed by atoms with Gasteiger partial charge in [-0.05, 0) is 24.3 Å². The molecule has 1 aromatic heterocycles. The molecular formula is C15H11F3N4. The van der Waals surface area contributed by atoms with Crippen LogP contribution in [0.1, 0.15) is 11.3 Å². The zero-order valence-corrected chi connectivity index (χ0v) is 11.3. The monoisotopic (exact) mass is 304 g/mol. The predicted octanol–water partition coefficient (Wildman–Crippen LogP) is 3.43. The number of para-hydroxylation sites is 1. The van der Waals surface area contributed by atoms with Gasteiger partial charge in [-0.2, -0.15) is 13.2 Å². The van der Waals surface area contributed by atoms with Gasteiger partial charge in [0.1, 0.15) is 23.2 Å². The minimum Gasteiger partial charge on any atom is -0.383 e. The molecular weight excluding hydrogens is 293 g/mol. The van der Waals surface area contributed by atoms with Gasteiger partial charge in [0.2, 0.25) is 0 Å². The highest BCUT2D eigenvalue weighted by Gasteiger charge is 2.35. The van der Waals surface area contributed by atoms with E-state index in [9.17, 15) is 13.2 Å². The molecule has 112 valence electrons. The van der Waals surface area contributed by atoms with Crippen molar-refractivity contribution in [2.75, 3.05) is 4.90 Å². The number of fused-ring (bicyclic) bond motifs is 1. The van der Waals surface area contributed by atoms with E-state index in [2.05, 4.69) is 16.6 Å². The normalized spacial score (nSPS) is 14.6. The van der Waals surface area contributed by atoms with Gasteiger partial charge in [-0.25, -0.2) is 9.98 Å². The van der Waals surface area contributed by atoms with Gasteiger partial charge in [-0.15, -0.1) is 0 Å². The van der Waals surface area contributed by atoms with Gasteiger partial charge >= 0.3 is 6.18 Å². The summed E-state index contributed by atoms with van der Waals surface area (Å²) >= 11 is 0. The summed E-state index contributed by atoms with van der Waals surface area (Å²) in [6.45, 7) is 3.75. The molecule has 0 radical (unpaired) electrons. The van der Waals surface area contributed by atoms with Gasteiger partial charge < -0.3 is 5.73 Å². The first-order valence-corrected chi connectivity index (χ1v) is 6.35. The van der Waals surface area contributed by atoms with E-state index >= 15 is 0 Å². The summed E-state index contributed by atoms with van der Waals surface area (Å²) in [7, 11) is 0. The van der Waals surface area contributed by atoms with Crippen LogP contribution in [0.3, 0.4) is 0 Å². The van der Waals surface area contributed by atoms with E-state index in [1.165, 1.54) is 11.0 Å². The Morgan fingerprint density at radius 2 is 1.73 bits per heavy atom. The third-order valence-corrected chi connectivity index (χ3v) is 3.18. The highest BCUT2D eigenvalue weighted by molar-refractivity contribution is 6.05. The Morgan fingerprint density at radius 3 is 2.36 bits per heavy atom. The summed E-state index contributed by atoms with van der Waals surface area (Å²) in [6, 6.07) is 10.9. The molecule has 0 spiro atoms. The lowest BCUT2D eigenvalue weighted by atomic mass is 10.1. The molecule has 0 unspecified atom stereocenters. The van der Waals surface area contributed by atoms with Crippen molar-refractivity contribution < 1.29 is 13.2 Å². The molecule has 1 aliphatic rings.